The second-order valence-corrected chi connectivity index (χ2v) is 6.84. The first kappa shape index (κ1) is 17.1. The van der Waals surface area contributed by atoms with Gasteiger partial charge in [-0.2, -0.15) is 4.98 Å². The number of aromatic nitrogens is 2. The highest BCUT2D eigenvalue weighted by atomic mass is 32.1. The Morgan fingerprint density at radius 1 is 1.15 bits per heavy atom. The topological polar surface area (TPSA) is 68.0 Å². The summed E-state index contributed by atoms with van der Waals surface area (Å²) >= 11 is 1.37. The number of halogens is 1. The zero-order valence-electron chi connectivity index (χ0n) is 14.3. The molecule has 0 atom stereocenters. The molecule has 4 aromatic rings. The van der Waals surface area contributed by atoms with Crippen LogP contribution < -0.4 is 5.32 Å². The number of nitrogens with one attached hydrogen (secondary N) is 1. The first-order valence-electron chi connectivity index (χ1n) is 8.16. The molecule has 0 aliphatic rings. The zero-order valence-corrected chi connectivity index (χ0v) is 15.1. The van der Waals surface area contributed by atoms with Gasteiger partial charge in [0.15, 0.2) is 0 Å². The number of carbonyl (C=O) groups excluding carboxylic acids is 1. The van der Waals surface area contributed by atoms with Crippen LogP contribution in [0.5, 0.6) is 0 Å². The molecule has 7 heteroatoms. The minimum atomic E-state index is -0.374. The Morgan fingerprint density at radius 2 is 2.00 bits per heavy atom. The Labute approximate surface area is 158 Å². The summed E-state index contributed by atoms with van der Waals surface area (Å²) in [4.78, 5) is 17.5. The molecule has 0 unspecified atom stereocenters. The second-order valence-electron chi connectivity index (χ2n) is 5.92. The lowest BCUT2D eigenvalue weighted by Crippen LogP contribution is -2.11. The molecule has 0 radical (unpaired) electrons. The number of hydrogen-bond donors (Lipinski definition) is 1. The normalized spacial score (nSPS) is 10.7. The molecule has 27 heavy (non-hydrogen) atoms. The molecule has 134 valence electrons. The van der Waals surface area contributed by atoms with E-state index in [1.165, 1.54) is 23.5 Å². The van der Waals surface area contributed by atoms with Crippen LogP contribution >= 0.6 is 11.3 Å². The summed E-state index contributed by atoms with van der Waals surface area (Å²) in [6, 6.07) is 15.1. The predicted molar refractivity (Wildman–Crippen MR) is 102 cm³/mol. The van der Waals surface area contributed by atoms with E-state index >= 15 is 0 Å². The lowest BCUT2D eigenvalue weighted by atomic mass is 10.1. The molecule has 2 heterocycles. The van der Waals surface area contributed by atoms with Gasteiger partial charge in [0.2, 0.25) is 5.82 Å². The van der Waals surface area contributed by atoms with E-state index < -0.39 is 0 Å². The summed E-state index contributed by atoms with van der Waals surface area (Å²) in [5, 5.41) is 8.62. The van der Waals surface area contributed by atoms with Gasteiger partial charge in [0.1, 0.15) is 10.7 Å². The molecule has 2 aromatic carbocycles. The van der Waals surface area contributed by atoms with E-state index in [2.05, 4.69) is 15.5 Å². The van der Waals surface area contributed by atoms with Crippen molar-refractivity contribution in [2.45, 2.75) is 6.92 Å². The average Bonchev–Trinajstić information content (AvgIpc) is 3.31. The molecule has 0 saturated carbocycles. The molecule has 1 N–H and O–H groups in total. The van der Waals surface area contributed by atoms with Crippen LogP contribution in [0.1, 0.15) is 15.9 Å². The first-order valence-corrected chi connectivity index (χ1v) is 9.03. The van der Waals surface area contributed by atoms with E-state index in [0.29, 0.717) is 21.7 Å². The Balaban J connectivity index is 1.60. The van der Waals surface area contributed by atoms with Crippen molar-refractivity contribution in [1.29, 1.82) is 0 Å². The number of amides is 1. The Kier molecular flexibility index (Phi) is 4.52. The monoisotopic (exact) mass is 379 g/mol. The van der Waals surface area contributed by atoms with Gasteiger partial charge in [-0.05, 0) is 42.6 Å². The third-order valence-corrected chi connectivity index (χ3v) is 4.80. The minimum Gasteiger partial charge on any atom is -0.333 e. The number of carbonyl (C=O) groups is 1. The molecule has 4 rings (SSSR count). The van der Waals surface area contributed by atoms with Gasteiger partial charge in [0.05, 0.1) is 5.69 Å². The molecule has 0 aliphatic heterocycles. The van der Waals surface area contributed by atoms with Gasteiger partial charge in [0.25, 0.3) is 11.8 Å². The van der Waals surface area contributed by atoms with Crippen LogP contribution in [0.3, 0.4) is 0 Å². The number of hydrogen-bond acceptors (Lipinski definition) is 5. The van der Waals surface area contributed by atoms with Crippen LogP contribution in [0.2, 0.25) is 0 Å². The average molecular weight is 379 g/mol. The number of rotatable bonds is 4. The summed E-state index contributed by atoms with van der Waals surface area (Å²) < 4.78 is 18.7. The number of aryl methyl sites for hydroxylation is 1. The van der Waals surface area contributed by atoms with Gasteiger partial charge in [-0.25, -0.2) is 4.39 Å². The van der Waals surface area contributed by atoms with Gasteiger partial charge in [-0.3, -0.25) is 4.79 Å². The standard InChI is InChI=1S/C20H14FN3O2S/c1-12-4-2-6-14(10-12)19(25)22-16-8-9-27-17(16)20-23-18(24-26-20)13-5-3-7-15(21)11-13/h2-11H,1H3,(H,22,25). The summed E-state index contributed by atoms with van der Waals surface area (Å²) in [7, 11) is 0. The van der Waals surface area contributed by atoms with Crippen molar-refractivity contribution in [1.82, 2.24) is 10.1 Å². The zero-order chi connectivity index (χ0) is 18.8. The van der Waals surface area contributed by atoms with Crippen molar-refractivity contribution in [2.75, 3.05) is 5.32 Å². The molecule has 1 amide bonds. The largest absolute Gasteiger partial charge is 0.333 e. The Hall–Kier alpha value is -3.32. The van der Waals surface area contributed by atoms with Crippen molar-refractivity contribution in [3.8, 4) is 22.2 Å². The van der Waals surface area contributed by atoms with E-state index in [1.54, 1.807) is 24.3 Å². The maximum Gasteiger partial charge on any atom is 0.270 e. The minimum absolute atomic E-state index is 0.219. The van der Waals surface area contributed by atoms with Crippen LogP contribution in [-0.2, 0) is 0 Å². The van der Waals surface area contributed by atoms with Crippen molar-refractivity contribution in [3.05, 3.63) is 76.9 Å². The van der Waals surface area contributed by atoms with E-state index in [4.69, 9.17) is 4.52 Å². The fourth-order valence-electron chi connectivity index (χ4n) is 2.61. The summed E-state index contributed by atoms with van der Waals surface area (Å²) in [6.45, 7) is 1.93. The Bertz CT molecular complexity index is 1120. The van der Waals surface area contributed by atoms with Crippen LogP contribution in [0.4, 0.5) is 10.1 Å². The molecular formula is C20H14FN3O2S. The van der Waals surface area contributed by atoms with Crippen molar-refractivity contribution >= 4 is 22.9 Å². The fraction of sp³-hybridized carbons (Fsp3) is 0.0500. The number of benzene rings is 2. The number of nitrogens with zero attached hydrogens (tertiary/aromatic N) is 2. The van der Waals surface area contributed by atoms with E-state index in [9.17, 15) is 9.18 Å². The summed E-state index contributed by atoms with van der Waals surface area (Å²) in [5.74, 6) is -0.0398. The molecule has 0 aliphatic carbocycles. The van der Waals surface area contributed by atoms with E-state index in [1.807, 2.05) is 30.5 Å². The Morgan fingerprint density at radius 3 is 2.81 bits per heavy atom. The highest BCUT2D eigenvalue weighted by Crippen LogP contribution is 2.34. The molecule has 0 bridgehead atoms. The lowest BCUT2D eigenvalue weighted by molar-refractivity contribution is 0.102. The SMILES string of the molecule is Cc1cccc(C(=O)Nc2ccsc2-c2nc(-c3cccc(F)c3)no2)c1. The molecule has 0 spiro atoms. The molecule has 2 aromatic heterocycles. The van der Waals surface area contributed by atoms with Crippen LogP contribution in [-0.4, -0.2) is 16.0 Å². The van der Waals surface area contributed by atoms with Crippen molar-refractivity contribution < 1.29 is 13.7 Å². The van der Waals surface area contributed by atoms with Gasteiger partial charge in [-0.1, -0.05) is 35.0 Å². The third kappa shape index (κ3) is 3.63. The summed E-state index contributed by atoms with van der Waals surface area (Å²) in [5.41, 5.74) is 2.68. The van der Waals surface area contributed by atoms with E-state index in [-0.39, 0.29) is 23.4 Å². The fourth-order valence-corrected chi connectivity index (χ4v) is 3.38. The molecular weight excluding hydrogens is 365 g/mol. The first-order chi connectivity index (χ1) is 13.1. The molecule has 0 fully saturated rings. The lowest BCUT2D eigenvalue weighted by Gasteiger charge is -2.05. The van der Waals surface area contributed by atoms with Gasteiger partial charge in [-0.15, -0.1) is 11.3 Å². The van der Waals surface area contributed by atoms with Gasteiger partial charge in [0, 0.05) is 11.1 Å². The van der Waals surface area contributed by atoms with E-state index in [0.717, 1.165) is 5.56 Å². The third-order valence-electron chi connectivity index (χ3n) is 3.90. The van der Waals surface area contributed by atoms with Crippen molar-refractivity contribution in [3.63, 3.8) is 0 Å². The van der Waals surface area contributed by atoms with Crippen LogP contribution in [0.25, 0.3) is 22.2 Å². The smallest absolute Gasteiger partial charge is 0.270 e. The van der Waals surface area contributed by atoms with Crippen molar-refractivity contribution in [2.24, 2.45) is 0 Å². The van der Waals surface area contributed by atoms with Crippen LogP contribution in [0.15, 0.2) is 64.5 Å². The number of thiophene rings is 1. The maximum atomic E-state index is 13.4. The van der Waals surface area contributed by atoms with Crippen LogP contribution in [0, 0.1) is 12.7 Å². The van der Waals surface area contributed by atoms with Gasteiger partial charge < -0.3 is 9.84 Å². The molecule has 0 saturated heterocycles. The second kappa shape index (κ2) is 7.13. The predicted octanol–water partition coefficient (Wildman–Crippen LogP) is 5.16. The molecule has 5 nitrogen and oxygen atoms in total. The highest BCUT2D eigenvalue weighted by Gasteiger charge is 2.18. The number of anilines is 1. The quantitative estimate of drug-likeness (QED) is 0.531. The van der Waals surface area contributed by atoms with Gasteiger partial charge >= 0.3 is 0 Å². The highest BCUT2D eigenvalue weighted by molar-refractivity contribution is 7.14. The summed E-state index contributed by atoms with van der Waals surface area (Å²) in [6.07, 6.45) is 0. The maximum absolute atomic E-state index is 13.4.